The lowest BCUT2D eigenvalue weighted by Crippen LogP contribution is -2.57. The molecule has 1 aliphatic heterocycles. The Morgan fingerprint density at radius 3 is 2.67 bits per heavy atom. The molecule has 2 aromatic carbocycles. The summed E-state index contributed by atoms with van der Waals surface area (Å²) in [6.45, 7) is 6.18. The molecule has 0 spiro atoms. The molecule has 5 rings (SSSR count). The quantitative estimate of drug-likeness (QED) is 0.526. The Morgan fingerprint density at radius 2 is 1.85 bits per heavy atom. The van der Waals surface area contributed by atoms with E-state index >= 15 is 0 Å². The maximum atomic E-state index is 11.8. The van der Waals surface area contributed by atoms with E-state index in [1.807, 2.05) is 56.3 Å². The number of para-hydroxylation sites is 1. The van der Waals surface area contributed by atoms with Gasteiger partial charge in [0, 0.05) is 25.0 Å². The van der Waals surface area contributed by atoms with Crippen LogP contribution in [0.4, 0.5) is 0 Å². The summed E-state index contributed by atoms with van der Waals surface area (Å²) in [5, 5.41) is 11.8. The average Bonchev–Trinajstić information content (AvgIpc) is 3.22. The van der Waals surface area contributed by atoms with E-state index in [2.05, 4.69) is 17.0 Å². The van der Waals surface area contributed by atoms with Crippen LogP contribution in [-0.2, 0) is 12.1 Å². The van der Waals surface area contributed by atoms with Gasteiger partial charge in [-0.25, -0.2) is 4.98 Å². The molecule has 33 heavy (non-hydrogen) atoms. The predicted octanol–water partition coefficient (Wildman–Crippen LogP) is 5.70. The summed E-state index contributed by atoms with van der Waals surface area (Å²) in [4.78, 5) is 7.43. The van der Waals surface area contributed by atoms with Crippen molar-refractivity contribution in [3.8, 4) is 17.2 Å². The molecule has 174 valence electrons. The van der Waals surface area contributed by atoms with Gasteiger partial charge in [-0.05, 0) is 50.8 Å². The van der Waals surface area contributed by atoms with Crippen molar-refractivity contribution in [3.63, 3.8) is 0 Å². The van der Waals surface area contributed by atoms with Crippen LogP contribution in [0.1, 0.15) is 56.0 Å². The van der Waals surface area contributed by atoms with Crippen LogP contribution in [0.15, 0.2) is 59.0 Å². The molecule has 0 unspecified atom stereocenters. The predicted molar refractivity (Wildman–Crippen MR) is 129 cm³/mol. The number of piperidine rings is 1. The van der Waals surface area contributed by atoms with Crippen LogP contribution in [0.25, 0.3) is 11.5 Å². The van der Waals surface area contributed by atoms with E-state index in [0.29, 0.717) is 18.5 Å². The molecule has 1 N–H and O–H groups in total. The third kappa shape index (κ3) is 4.20. The summed E-state index contributed by atoms with van der Waals surface area (Å²) in [7, 11) is 0. The number of oxazole rings is 1. The van der Waals surface area contributed by atoms with Crippen molar-refractivity contribution in [2.45, 2.75) is 64.1 Å². The molecule has 1 saturated heterocycles. The summed E-state index contributed by atoms with van der Waals surface area (Å²) in [6.07, 6.45) is 5.34. The SMILES string of the molecule is CCOc1ccccc1-c1nc(CN2CC[C@@](O)(c3ccccc3)[C@H]3CCCC[C@@H]32)c(C)o1. The number of aryl methyl sites for hydroxylation is 1. The zero-order valence-corrected chi connectivity index (χ0v) is 19.7. The van der Waals surface area contributed by atoms with Gasteiger partial charge in [0.25, 0.3) is 0 Å². The number of ether oxygens (including phenoxy) is 1. The average molecular weight is 447 g/mol. The maximum absolute atomic E-state index is 11.8. The van der Waals surface area contributed by atoms with Crippen LogP contribution in [-0.4, -0.2) is 34.2 Å². The van der Waals surface area contributed by atoms with Crippen molar-refractivity contribution in [2.24, 2.45) is 5.92 Å². The van der Waals surface area contributed by atoms with E-state index < -0.39 is 5.60 Å². The monoisotopic (exact) mass is 446 g/mol. The van der Waals surface area contributed by atoms with E-state index in [-0.39, 0.29) is 5.92 Å². The Kier molecular flexibility index (Phi) is 6.26. The molecule has 5 nitrogen and oxygen atoms in total. The number of aromatic nitrogens is 1. The summed E-state index contributed by atoms with van der Waals surface area (Å²) in [6, 6.07) is 18.5. The first-order chi connectivity index (χ1) is 16.1. The summed E-state index contributed by atoms with van der Waals surface area (Å²) in [5.74, 6) is 2.51. The lowest BCUT2D eigenvalue weighted by Gasteiger charge is -2.52. The van der Waals surface area contributed by atoms with E-state index in [1.54, 1.807) is 0 Å². The first-order valence-electron chi connectivity index (χ1n) is 12.3. The fourth-order valence-electron chi connectivity index (χ4n) is 5.86. The zero-order valence-electron chi connectivity index (χ0n) is 19.7. The van der Waals surface area contributed by atoms with Gasteiger partial charge in [0.2, 0.25) is 5.89 Å². The van der Waals surface area contributed by atoms with Crippen molar-refractivity contribution in [2.75, 3.05) is 13.2 Å². The molecular formula is C28H34N2O3. The van der Waals surface area contributed by atoms with Gasteiger partial charge in [-0.3, -0.25) is 4.90 Å². The number of fused-ring (bicyclic) bond motifs is 1. The fraction of sp³-hybridized carbons (Fsp3) is 0.464. The lowest BCUT2D eigenvalue weighted by molar-refractivity contribution is -0.123. The van der Waals surface area contributed by atoms with Crippen molar-refractivity contribution in [1.82, 2.24) is 9.88 Å². The minimum absolute atomic E-state index is 0.243. The Morgan fingerprint density at radius 1 is 1.09 bits per heavy atom. The molecule has 0 radical (unpaired) electrons. The minimum atomic E-state index is -0.747. The summed E-state index contributed by atoms with van der Waals surface area (Å²) < 4.78 is 11.9. The molecule has 2 heterocycles. The highest BCUT2D eigenvalue weighted by Crippen LogP contribution is 2.47. The van der Waals surface area contributed by atoms with Gasteiger partial charge >= 0.3 is 0 Å². The number of nitrogens with zero attached hydrogens (tertiary/aromatic N) is 2. The molecule has 1 saturated carbocycles. The number of hydrogen-bond donors (Lipinski definition) is 1. The van der Waals surface area contributed by atoms with Crippen molar-refractivity contribution in [1.29, 1.82) is 0 Å². The van der Waals surface area contributed by atoms with Crippen LogP contribution in [0.2, 0.25) is 0 Å². The van der Waals surface area contributed by atoms with Gasteiger partial charge in [0.05, 0.1) is 23.5 Å². The normalized spacial score (nSPS) is 25.5. The van der Waals surface area contributed by atoms with E-state index in [1.165, 1.54) is 12.8 Å². The van der Waals surface area contributed by atoms with Crippen LogP contribution >= 0.6 is 0 Å². The van der Waals surface area contributed by atoms with Gasteiger partial charge < -0.3 is 14.3 Å². The van der Waals surface area contributed by atoms with Gasteiger partial charge in [-0.1, -0.05) is 55.3 Å². The zero-order chi connectivity index (χ0) is 22.8. The summed E-state index contributed by atoms with van der Waals surface area (Å²) in [5.41, 5.74) is 2.18. The molecule has 3 aromatic rings. The minimum Gasteiger partial charge on any atom is -0.493 e. The molecule has 1 aromatic heterocycles. The number of aliphatic hydroxyl groups is 1. The van der Waals surface area contributed by atoms with E-state index in [4.69, 9.17) is 14.1 Å². The molecule has 1 aliphatic carbocycles. The highest BCUT2D eigenvalue weighted by molar-refractivity contribution is 5.63. The standard InChI is InChI=1S/C28H34N2O3/c1-3-32-26-16-10-7-13-22(26)27-29-24(20(2)33-27)19-30-18-17-28(31,21-11-5-4-6-12-21)23-14-8-9-15-25(23)30/h4-7,10-13,16,23,25,31H,3,8-9,14-15,17-19H2,1-2H3/t23-,25-,28+/m0/s1. The molecule has 5 heteroatoms. The number of benzene rings is 2. The Bertz CT molecular complexity index is 1080. The van der Waals surface area contributed by atoms with Crippen LogP contribution in [0.5, 0.6) is 5.75 Å². The number of likely N-dealkylation sites (tertiary alicyclic amines) is 1. The van der Waals surface area contributed by atoms with Gasteiger partial charge in [-0.2, -0.15) is 0 Å². The maximum Gasteiger partial charge on any atom is 0.230 e. The third-order valence-electron chi connectivity index (χ3n) is 7.53. The van der Waals surface area contributed by atoms with Crippen LogP contribution in [0, 0.1) is 12.8 Å². The fourth-order valence-corrected chi connectivity index (χ4v) is 5.86. The first kappa shape index (κ1) is 22.2. The largest absolute Gasteiger partial charge is 0.493 e. The Hall–Kier alpha value is -2.63. The molecule has 2 aliphatic rings. The van der Waals surface area contributed by atoms with E-state index in [9.17, 15) is 5.11 Å². The molecular weight excluding hydrogens is 412 g/mol. The summed E-state index contributed by atoms with van der Waals surface area (Å²) >= 11 is 0. The molecule has 0 amide bonds. The molecule has 3 atom stereocenters. The van der Waals surface area contributed by atoms with Gasteiger partial charge in [0.1, 0.15) is 11.5 Å². The number of rotatable bonds is 6. The second-order valence-electron chi connectivity index (χ2n) is 9.42. The molecule has 2 fully saturated rings. The topological polar surface area (TPSA) is 58.7 Å². The van der Waals surface area contributed by atoms with Crippen LogP contribution < -0.4 is 4.74 Å². The highest BCUT2D eigenvalue weighted by Gasteiger charge is 2.49. The van der Waals surface area contributed by atoms with Gasteiger partial charge in [-0.15, -0.1) is 0 Å². The third-order valence-corrected chi connectivity index (χ3v) is 7.53. The van der Waals surface area contributed by atoms with Crippen molar-refractivity contribution >= 4 is 0 Å². The Labute approximate surface area is 196 Å². The first-order valence-corrected chi connectivity index (χ1v) is 12.3. The lowest BCUT2D eigenvalue weighted by atomic mass is 9.66. The van der Waals surface area contributed by atoms with Crippen LogP contribution in [0.3, 0.4) is 0 Å². The number of hydrogen-bond acceptors (Lipinski definition) is 5. The molecule has 0 bridgehead atoms. The second-order valence-corrected chi connectivity index (χ2v) is 9.42. The van der Waals surface area contributed by atoms with E-state index in [0.717, 1.165) is 60.7 Å². The highest BCUT2D eigenvalue weighted by atomic mass is 16.5. The smallest absolute Gasteiger partial charge is 0.230 e. The second kappa shape index (κ2) is 9.32. The van der Waals surface area contributed by atoms with Gasteiger partial charge in [0.15, 0.2) is 0 Å². The Balaban J connectivity index is 1.40. The van der Waals surface area contributed by atoms with Crippen molar-refractivity contribution < 1.29 is 14.3 Å². The van der Waals surface area contributed by atoms with Crippen molar-refractivity contribution in [3.05, 3.63) is 71.6 Å².